The molecule has 110 valence electrons. The minimum absolute atomic E-state index is 0.0260. The number of halogens is 1. The summed E-state index contributed by atoms with van der Waals surface area (Å²) >= 11 is 2.34. The highest BCUT2D eigenvalue weighted by Gasteiger charge is 2.22. The van der Waals surface area contributed by atoms with Crippen LogP contribution in [0.2, 0.25) is 0 Å². The Balaban J connectivity index is 2.57. The number of hydrogen-bond acceptors (Lipinski definition) is 1. The first kappa shape index (κ1) is 16.1. The van der Waals surface area contributed by atoms with E-state index in [1.54, 1.807) is 7.11 Å². The monoisotopic (exact) mass is 392 g/mol. The minimum atomic E-state index is 0.0260. The van der Waals surface area contributed by atoms with E-state index >= 15 is 0 Å². The third kappa shape index (κ3) is 3.49. The lowest BCUT2D eigenvalue weighted by atomic mass is 9.84. The van der Waals surface area contributed by atoms with E-state index in [4.69, 9.17) is 4.74 Å². The molecule has 2 aromatic carbocycles. The first-order chi connectivity index (χ1) is 9.84. The van der Waals surface area contributed by atoms with Gasteiger partial charge >= 0.3 is 0 Å². The van der Waals surface area contributed by atoms with Gasteiger partial charge in [-0.25, -0.2) is 0 Å². The zero-order valence-electron chi connectivity index (χ0n) is 13.0. The predicted molar refractivity (Wildman–Crippen MR) is 99.0 cm³/mol. The van der Waals surface area contributed by atoms with Crippen LogP contribution in [0.3, 0.4) is 0 Å². The quantitative estimate of drug-likeness (QED) is 0.613. The number of rotatable bonds is 3. The van der Waals surface area contributed by atoms with Gasteiger partial charge in [0.1, 0.15) is 5.75 Å². The standard InChI is InChI=1S/C19H21IO/c1-13(14-9-7-6-8-10-14)15-11-16(19(2,3)4)18(21-5)17(20)12-15/h6-12H,1H2,2-5H3. The molecule has 0 saturated carbocycles. The molecule has 0 radical (unpaired) electrons. The zero-order valence-corrected chi connectivity index (χ0v) is 15.2. The van der Waals surface area contributed by atoms with Crippen molar-refractivity contribution in [1.82, 2.24) is 0 Å². The summed E-state index contributed by atoms with van der Waals surface area (Å²) in [6.45, 7) is 10.9. The van der Waals surface area contributed by atoms with Crippen molar-refractivity contribution in [3.05, 3.63) is 69.3 Å². The molecule has 0 spiro atoms. The smallest absolute Gasteiger partial charge is 0.135 e. The molecule has 0 atom stereocenters. The molecule has 0 aromatic heterocycles. The van der Waals surface area contributed by atoms with Gasteiger partial charge in [0.2, 0.25) is 0 Å². The Morgan fingerprint density at radius 3 is 2.19 bits per heavy atom. The highest BCUT2D eigenvalue weighted by atomic mass is 127. The maximum absolute atomic E-state index is 5.61. The molecule has 0 aliphatic rings. The van der Waals surface area contributed by atoms with Crippen LogP contribution in [-0.2, 0) is 5.41 Å². The van der Waals surface area contributed by atoms with Crippen LogP contribution < -0.4 is 4.74 Å². The second-order valence-electron chi connectivity index (χ2n) is 6.13. The van der Waals surface area contributed by atoms with Crippen molar-refractivity contribution in [2.24, 2.45) is 0 Å². The molecule has 0 fully saturated rings. The fraction of sp³-hybridized carbons (Fsp3) is 0.263. The van der Waals surface area contributed by atoms with Gasteiger partial charge in [0, 0.05) is 5.56 Å². The molecule has 0 heterocycles. The highest BCUT2D eigenvalue weighted by molar-refractivity contribution is 14.1. The normalized spacial score (nSPS) is 11.3. The molecule has 21 heavy (non-hydrogen) atoms. The van der Waals surface area contributed by atoms with E-state index in [0.717, 1.165) is 26.0 Å². The summed E-state index contributed by atoms with van der Waals surface area (Å²) in [6, 6.07) is 14.6. The maximum atomic E-state index is 5.61. The van der Waals surface area contributed by atoms with Gasteiger partial charge in [-0.1, -0.05) is 57.7 Å². The van der Waals surface area contributed by atoms with Crippen LogP contribution in [0.4, 0.5) is 0 Å². The van der Waals surface area contributed by atoms with Crippen LogP contribution in [0.25, 0.3) is 5.57 Å². The van der Waals surface area contributed by atoms with Crippen molar-refractivity contribution in [1.29, 1.82) is 0 Å². The second kappa shape index (κ2) is 6.22. The minimum Gasteiger partial charge on any atom is -0.495 e. The van der Waals surface area contributed by atoms with Crippen LogP contribution >= 0.6 is 22.6 Å². The number of methoxy groups -OCH3 is 1. The first-order valence-corrected chi connectivity index (χ1v) is 8.05. The van der Waals surface area contributed by atoms with Crippen LogP contribution in [0.15, 0.2) is 49.0 Å². The fourth-order valence-corrected chi connectivity index (χ4v) is 3.18. The molecule has 2 aromatic rings. The molecule has 0 aliphatic heterocycles. The van der Waals surface area contributed by atoms with Gasteiger partial charge in [0.25, 0.3) is 0 Å². The molecule has 2 rings (SSSR count). The molecule has 0 saturated heterocycles. The third-order valence-corrected chi connectivity index (χ3v) is 4.33. The summed E-state index contributed by atoms with van der Waals surface area (Å²) < 4.78 is 6.73. The number of ether oxygens (including phenoxy) is 1. The summed E-state index contributed by atoms with van der Waals surface area (Å²) in [5, 5.41) is 0. The SMILES string of the molecule is C=C(c1ccccc1)c1cc(I)c(OC)c(C(C)(C)C)c1. The predicted octanol–water partition coefficient (Wildman–Crippen LogP) is 5.66. The zero-order chi connectivity index (χ0) is 15.6. The molecule has 0 aliphatic carbocycles. The van der Waals surface area contributed by atoms with Crippen molar-refractivity contribution < 1.29 is 4.74 Å². The maximum Gasteiger partial charge on any atom is 0.135 e. The van der Waals surface area contributed by atoms with Gasteiger partial charge < -0.3 is 4.74 Å². The van der Waals surface area contributed by atoms with Gasteiger partial charge in [0.05, 0.1) is 10.7 Å². The molecule has 0 amide bonds. The molecule has 0 unspecified atom stereocenters. The number of hydrogen-bond donors (Lipinski definition) is 0. The third-order valence-electron chi connectivity index (χ3n) is 3.53. The Hall–Kier alpha value is -1.29. The Morgan fingerprint density at radius 1 is 1.05 bits per heavy atom. The van der Waals surface area contributed by atoms with Crippen molar-refractivity contribution in [3.8, 4) is 5.75 Å². The summed E-state index contributed by atoms with van der Waals surface area (Å²) in [5.41, 5.74) is 4.58. The Bertz CT molecular complexity index is 651. The molecular formula is C19H21IO. The Kier molecular flexibility index (Phi) is 4.77. The van der Waals surface area contributed by atoms with Crippen LogP contribution in [-0.4, -0.2) is 7.11 Å². The van der Waals surface area contributed by atoms with Crippen molar-refractivity contribution >= 4 is 28.2 Å². The van der Waals surface area contributed by atoms with E-state index in [2.05, 4.69) is 74.2 Å². The van der Waals surface area contributed by atoms with E-state index < -0.39 is 0 Å². The lowest BCUT2D eigenvalue weighted by molar-refractivity contribution is 0.394. The van der Waals surface area contributed by atoms with Gasteiger partial charge in [-0.3, -0.25) is 0 Å². The van der Waals surface area contributed by atoms with Crippen molar-refractivity contribution in [2.45, 2.75) is 26.2 Å². The fourth-order valence-electron chi connectivity index (χ4n) is 2.34. The summed E-state index contributed by atoms with van der Waals surface area (Å²) in [5.74, 6) is 0.965. The van der Waals surface area contributed by atoms with Crippen molar-refractivity contribution in [3.63, 3.8) is 0 Å². The van der Waals surface area contributed by atoms with Crippen LogP contribution in [0, 0.1) is 3.57 Å². The van der Waals surface area contributed by atoms with Gasteiger partial charge in [0.15, 0.2) is 0 Å². The summed E-state index contributed by atoms with van der Waals surface area (Å²) in [7, 11) is 1.73. The molecule has 0 N–H and O–H groups in total. The van der Waals surface area contributed by atoms with Gasteiger partial charge in [-0.15, -0.1) is 0 Å². The Morgan fingerprint density at radius 2 is 1.67 bits per heavy atom. The van der Waals surface area contributed by atoms with Crippen LogP contribution in [0.5, 0.6) is 5.75 Å². The Labute approximate surface area is 141 Å². The summed E-state index contributed by atoms with van der Waals surface area (Å²) in [6.07, 6.45) is 0. The molecule has 1 nitrogen and oxygen atoms in total. The average Bonchev–Trinajstić information content (AvgIpc) is 2.45. The lowest BCUT2D eigenvalue weighted by Gasteiger charge is -2.24. The average molecular weight is 392 g/mol. The van der Waals surface area contributed by atoms with Gasteiger partial charge in [-0.05, 0) is 56.8 Å². The van der Waals surface area contributed by atoms with E-state index in [1.165, 1.54) is 5.56 Å². The lowest BCUT2D eigenvalue weighted by Crippen LogP contribution is -2.14. The summed E-state index contributed by atoms with van der Waals surface area (Å²) in [4.78, 5) is 0. The van der Waals surface area contributed by atoms with E-state index in [-0.39, 0.29) is 5.41 Å². The second-order valence-corrected chi connectivity index (χ2v) is 7.30. The highest BCUT2D eigenvalue weighted by Crippen LogP contribution is 2.38. The molecule has 0 bridgehead atoms. The first-order valence-electron chi connectivity index (χ1n) is 6.97. The van der Waals surface area contributed by atoms with E-state index in [0.29, 0.717) is 0 Å². The topological polar surface area (TPSA) is 9.23 Å². The number of benzene rings is 2. The van der Waals surface area contributed by atoms with E-state index in [1.807, 2.05) is 18.2 Å². The molecule has 2 heteroatoms. The van der Waals surface area contributed by atoms with Crippen LogP contribution in [0.1, 0.15) is 37.5 Å². The molecular weight excluding hydrogens is 371 g/mol. The largest absolute Gasteiger partial charge is 0.495 e. The van der Waals surface area contributed by atoms with Crippen molar-refractivity contribution in [2.75, 3.05) is 7.11 Å². The van der Waals surface area contributed by atoms with E-state index in [9.17, 15) is 0 Å². The van der Waals surface area contributed by atoms with Gasteiger partial charge in [-0.2, -0.15) is 0 Å².